The van der Waals surface area contributed by atoms with Crippen molar-refractivity contribution >= 4 is 5.97 Å². The number of halogens is 2. The van der Waals surface area contributed by atoms with Gasteiger partial charge < -0.3 is 5.11 Å². The summed E-state index contributed by atoms with van der Waals surface area (Å²) in [6.45, 7) is 2.12. The monoisotopic (exact) mass is 476 g/mol. The van der Waals surface area contributed by atoms with E-state index in [0.717, 1.165) is 22.1 Å². The first-order valence-corrected chi connectivity index (χ1v) is 11.5. The molecule has 0 aliphatic heterocycles. The minimum absolute atomic E-state index is 0.137. The van der Waals surface area contributed by atoms with Crippen LogP contribution in [-0.4, -0.2) is 20.2 Å². The third-order valence-electron chi connectivity index (χ3n) is 6.04. The molecule has 0 unspecified atom stereocenters. The van der Waals surface area contributed by atoms with E-state index in [1.807, 2.05) is 6.92 Å². The van der Waals surface area contributed by atoms with Gasteiger partial charge in [-0.2, -0.15) is 0 Å². The highest BCUT2D eigenvalue weighted by Gasteiger charge is 2.26. The van der Waals surface area contributed by atoms with Crippen molar-refractivity contribution < 1.29 is 18.7 Å². The highest BCUT2D eigenvalue weighted by Crippen LogP contribution is 2.28. The molecule has 4 aromatic rings. The van der Waals surface area contributed by atoms with Crippen LogP contribution in [0.3, 0.4) is 0 Å². The molecule has 1 heterocycles. The summed E-state index contributed by atoms with van der Waals surface area (Å²) in [6, 6.07) is 22.4. The normalized spacial score (nSPS) is 11.2. The fourth-order valence-electron chi connectivity index (χ4n) is 4.32. The van der Waals surface area contributed by atoms with Crippen molar-refractivity contribution in [1.29, 1.82) is 0 Å². The first-order valence-electron chi connectivity index (χ1n) is 11.5. The van der Waals surface area contributed by atoms with Crippen LogP contribution >= 0.6 is 0 Å². The Hall–Kier alpha value is -4.00. The van der Waals surface area contributed by atoms with Gasteiger partial charge in [-0.1, -0.05) is 74.0 Å². The second kappa shape index (κ2) is 10.5. The number of nitrogens with zero attached hydrogens (tertiary/aromatic N) is 2. The lowest BCUT2D eigenvalue weighted by Crippen LogP contribution is -2.25. The van der Waals surface area contributed by atoms with Crippen LogP contribution in [0, 0.1) is 0 Å². The highest BCUT2D eigenvalue weighted by atomic mass is 19.3. The second-order valence-electron chi connectivity index (χ2n) is 8.32. The minimum Gasteiger partial charge on any atom is -0.478 e. The molecule has 0 atom stereocenters. The third kappa shape index (κ3) is 4.94. The molecule has 0 amide bonds. The summed E-state index contributed by atoms with van der Waals surface area (Å²) in [5.41, 5.74) is 2.25. The third-order valence-corrected chi connectivity index (χ3v) is 6.04. The molecule has 0 radical (unpaired) electrons. The average Bonchev–Trinajstić information content (AvgIpc) is 3.15. The second-order valence-corrected chi connectivity index (χ2v) is 8.32. The Morgan fingerprint density at radius 2 is 1.60 bits per heavy atom. The van der Waals surface area contributed by atoms with Crippen LogP contribution in [0.1, 0.15) is 53.5 Å². The number of aromatic nitrogens is 2. The van der Waals surface area contributed by atoms with E-state index in [9.17, 15) is 23.5 Å². The van der Waals surface area contributed by atoms with Gasteiger partial charge in [0.2, 0.25) is 0 Å². The van der Waals surface area contributed by atoms with E-state index >= 15 is 0 Å². The molecule has 35 heavy (non-hydrogen) atoms. The summed E-state index contributed by atoms with van der Waals surface area (Å²) < 4.78 is 31.1. The van der Waals surface area contributed by atoms with Crippen LogP contribution in [0.4, 0.5) is 8.78 Å². The molecule has 1 N–H and O–H groups in total. The molecule has 0 bridgehead atoms. The van der Waals surface area contributed by atoms with Crippen molar-refractivity contribution in [3.8, 4) is 16.8 Å². The maximum Gasteiger partial charge on any atom is 0.336 e. The molecule has 180 valence electrons. The Balaban J connectivity index is 1.76. The number of carbonyl (C=O) groups is 1. The number of carboxylic acid groups (broad SMARTS) is 1. The van der Waals surface area contributed by atoms with Gasteiger partial charge in [-0.05, 0) is 47.7 Å². The minimum atomic E-state index is -2.80. The Bertz CT molecular complexity index is 1370. The molecule has 0 saturated heterocycles. The highest BCUT2D eigenvalue weighted by molar-refractivity contribution is 5.95. The predicted octanol–water partition coefficient (Wildman–Crippen LogP) is 6.33. The van der Waals surface area contributed by atoms with Gasteiger partial charge >= 0.3 is 11.7 Å². The van der Waals surface area contributed by atoms with E-state index in [1.165, 1.54) is 4.57 Å². The molecule has 3 aromatic carbocycles. The van der Waals surface area contributed by atoms with Crippen LogP contribution in [0.5, 0.6) is 0 Å². The Labute approximate surface area is 201 Å². The van der Waals surface area contributed by atoms with Gasteiger partial charge in [0.1, 0.15) is 5.69 Å². The van der Waals surface area contributed by atoms with Crippen LogP contribution in [0.15, 0.2) is 83.7 Å². The number of aromatic carboxylic acids is 1. The largest absolute Gasteiger partial charge is 0.478 e. The van der Waals surface area contributed by atoms with E-state index in [-0.39, 0.29) is 17.8 Å². The number of carboxylic acids is 1. The van der Waals surface area contributed by atoms with Crippen molar-refractivity contribution in [2.45, 2.75) is 39.2 Å². The van der Waals surface area contributed by atoms with Crippen molar-refractivity contribution in [2.75, 3.05) is 0 Å². The summed E-state index contributed by atoms with van der Waals surface area (Å²) in [6.07, 6.45) is -0.936. The van der Waals surface area contributed by atoms with Gasteiger partial charge in [0, 0.05) is 5.69 Å². The van der Waals surface area contributed by atoms with Gasteiger partial charge in [-0.15, -0.1) is 0 Å². The lowest BCUT2D eigenvalue weighted by atomic mass is 9.99. The summed E-state index contributed by atoms with van der Waals surface area (Å²) >= 11 is 0. The van der Waals surface area contributed by atoms with E-state index < -0.39 is 18.1 Å². The molecular weight excluding hydrogens is 450 g/mol. The van der Waals surface area contributed by atoms with Gasteiger partial charge in [0.25, 0.3) is 6.43 Å². The van der Waals surface area contributed by atoms with Crippen molar-refractivity contribution in [3.63, 3.8) is 0 Å². The molecule has 4 rings (SSSR count). The standard InChI is InChI=1S/C28H26F2N2O3/c1-2-3-13-24-25(26(29)30)32(21-9-5-4-6-10-21)28(35)31(24)18-19-14-16-20(17-15-19)22-11-7-8-12-23(22)27(33)34/h4-12,14-17,26H,2-3,13,18H2,1H3,(H,33,34). The molecule has 1 aromatic heterocycles. The summed E-state index contributed by atoms with van der Waals surface area (Å²) in [5, 5.41) is 9.47. The molecule has 5 nitrogen and oxygen atoms in total. The molecular formula is C28H26F2N2O3. The zero-order chi connectivity index (χ0) is 24.9. The first kappa shape index (κ1) is 24.1. The van der Waals surface area contributed by atoms with Gasteiger partial charge in [0.05, 0.1) is 17.8 Å². The molecule has 0 saturated carbocycles. The van der Waals surface area contributed by atoms with Crippen LogP contribution < -0.4 is 5.69 Å². The van der Waals surface area contributed by atoms with Crippen molar-refractivity contribution in [3.05, 3.63) is 112 Å². The van der Waals surface area contributed by atoms with Gasteiger partial charge in [0.15, 0.2) is 0 Å². The van der Waals surface area contributed by atoms with Crippen molar-refractivity contribution in [2.24, 2.45) is 0 Å². The number of alkyl halides is 2. The van der Waals surface area contributed by atoms with E-state index in [4.69, 9.17) is 0 Å². The lowest BCUT2D eigenvalue weighted by molar-refractivity contribution is 0.0697. The zero-order valence-electron chi connectivity index (χ0n) is 19.3. The number of benzene rings is 3. The SMILES string of the molecule is CCCCc1c(C(F)F)n(-c2ccccc2)c(=O)n1Cc1ccc(-c2ccccc2C(=O)O)cc1. The van der Waals surface area contributed by atoms with E-state index in [1.54, 1.807) is 78.9 Å². The topological polar surface area (TPSA) is 64.2 Å². The summed E-state index contributed by atoms with van der Waals surface area (Å²) in [7, 11) is 0. The Morgan fingerprint density at radius 3 is 2.23 bits per heavy atom. The Kier molecular flexibility index (Phi) is 7.25. The molecule has 0 aliphatic rings. The van der Waals surface area contributed by atoms with Crippen molar-refractivity contribution in [1.82, 2.24) is 9.13 Å². The number of para-hydroxylation sites is 1. The predicted molar refractivity (Wildman–Crippen MR) is 132 cm³/mol. The average molecular weight is 477 g/mol. The summed E-state index contributed by atoms with van der Waals surface area (Å²) in [4.78, 5) is 25.0. The number of hydrogen-bond donors (Lipinski definition) is 1. The maximum absolute atomic E-state index is 14.3. The Morgan fingerprint density at radius 1 is 0.943 bits per heavy atom. The quantitative estimate of drug-likeness (QED) is 0.307. The molecule has 7 heteroatoms. The maximum atomic E-state index is 14.3. The van der Waals surface area contributed by atoms with E-state index in [0.29, 0.717) is 29.8 Å². The molecule has 0 spiro atoms. The van der Waals surface area contributed by atoms with E-state index in [2.05, 4.69) is 0 Å². The fourth-order valence-corrected chi connectivity index (χ4v) is 4.32. The number of unbranched alkanes of at least 4 members (excludes halogenated alkanes) is 1. The van der Waals surface area contributed by atoms with Crippen LogP contribution in [-0.2, 0) is 13.0 Å². The molecule has 0 aliphatic carbocycles. The number of imidazole rings is 1. The fraction of sp³-hybridized carbons (Fsp3) is 0.214. The first-order chi connectivity index (χ1) is 16.9. The van der Waals surface area contributed by atoms with Gasteiger partial charge in [-0.3, -0.25) is 9.13 Å². The lowest BCUT2D eigenvalue weighted by Gasteiger charge is -2.11. The smallest absolute Gasteiger partial charge is 0.336 e. The zero-order valence-corrected chi connectivity index (χ0v) is 19.3. The molecule has 0 fully saturated rings. The van der Waals surface area contributed by atoms with Crippen LogP contribution in [0.2, 0.25) is 0 Å². The number of rotatable bonds is 9. The van der Waals surface area contributed by atoms with Crippen LogP contribution in [0.25, 0.3) is 16.8 Å². The number of hydrogen-bond acceptors (Lipinski definition) is 2. The summed E-state index contributed by atoms with van der Waals surface area (Å²) in [5.74, 6) is -1.02. The van der Waals surface area contributed by atoms with Gasteiger partial charge in [-0.25, -0.2) is 18.4 Å².